The van der Waals surface area contributed by atoms with Crippen molar-refractivity contribution in [1.29, 1.82) is 0 Å². The summed E-state index contributed by atoms with van der Waals surface area (Å²) in [6.45, 7) is 0.571. The van der Waals surface area contributed by atoms with Gasteiger partial charge < -0.3 is 15.6 Å². The number of aliphatic hydroxyl groups excluding tert-OH is 1. The molecule has 2 rings (SSSR count). The fraction of sp³-hybridized carbons (Fsp3) is 0.600. The predicted octanol–water partition coefficient (Wildman–Crippen LogP) is 2.18. The van der Waals surface area contributed by atoms with E-state index in [0.717, 1.165) is 5.56 Å². The highest BCUT2D eigenvalue weighted by Crippen LogP contribution is 2.24. The average molecular weight is 249 g/mol. The zero-order valence-corrected chi connectivity index (χ0v) is 10.8. The van der Waals surface area contributed by atoms with Crippen molar-refractivity contribution >= 4 is 0 Å². The van der Waals surface area contributed by atoms with E-state index in [9.17, 15) is 5.11 Å². The van der Waals surface area contributed by atoms with E-state index in [1.807, 2.05) is 30.3 Å². The first-order chi connectivity index (χ1) is 8.74. The molecule has 3 nitrogen and oxygen atoms in total. The van der Waals surface area contributed by atoms with E-state index in [1.165, 1.54) is 25.7 Å². The Labute approximate surface area is 109 Å². The van der Waals surface area contributed by atoms with Crippen molar-refractivity contribution in [3.63, 3.8) is 0 Å². The molecule has 0 amide bonds. The summed E-state index contributed by atoms with van der Waals surface area (Å²) >= 11 is 0. The van der Waals surface area contributed by atoms with Crippen molar-refractivity contribution < 1.29 is 9.84 Å². The molecule has 1 saturated carbocycles. The quantitative estimate of drug-likeness (QED) is 0.812. The van der Waals surface area contributed by atoms with E-state index >= 15 is 0 Å². The Morgan fingerprint density at radius 3 is 2.50 bits per heavy atom. The lowest BCUT2D eigenvalue weighted by Gasteiger charge is -2.28. The molecule has 3 N–H and O–H groups in total. The van der Waals surface area contributed by atoms with Gasteiger partial charge in [-0.1, -0.05) is 43.2 Å². The Morgan fingerprint density at radius 2 is 1.89 bits per heavy atom. The van der Waals surface area contributed by atoms with E-state index in [2.05, 4.69) is 0 Å². The lowest BCUT2D eigenvalue weighted by molar-refractivity contribution is 0.0379. The van der Waals surface area contributed by atoms with Gasteiger partial charge in [0.15, 0.2) is 0 Å². The summed E-state index contributed by atoms with van der Waals surface area (Å²) < 4.78 is 5.83. The van der Waals surface area contributed by atoms with Crippen LogP contribution in [0.15, 0.2) is 30.3 Å². The highest BCUT2D eigenvalue weighted by molar-refractivity contribution is 5.23. The molecule has 3 heteroatoms. The Morgan fingerprint density at radius 1 is 1.22 bits per heavy atom. The smallest absolute Gasteiger partial charge is 0.0666 e. The Bertz CT molecular complexity index is 349. The number of hydrogen-bond acceptors (Lipinski definition) is 3. The van der Waals surface area contributed by atoms with Crippen LogP contribution in [0.5, 0.6) is 0 Å². The van der Waals surface area contributed by atoms with Gasteiger partial charge in [0.25, 0.3) is 0 Å². The van der Waals surface area contributed by atoms with Crippen LogP contribution < -0.4 is 5.73 Å². The molecule has 0 aromatic heterocycles. The van der Waals surface area contributed by atoms with Crippen molar-refractivity contribution in [3.8, 4) is 0 Å². The van der Waals surface area contributed by atoms with Gasteiger partial charge in [0.05, 0.1) is 18.2 Å². The fourth-order valence-corrected chi connectivity index (χ4v) is 2.55. The van der Waals surface area contributed by atoms with Crippen LogP contribution in [0.1, 0.15) is 37.7 Å². The largest absolute Gasteiger partial charge is 0.394 e. The van der Waals surface area contributed by atoms with Crippen molar-refractivity contribution in [2.45, 2.75) is 43.7 Å². The third-order valence-corrected chi connectivity index (χ3v) is 3.83. The molecule has 1 aliphatic carbocycles. The second kappa shape index (κ2) is 6.32. The summed E-state index contributed by atoms with van der Waals surface area (Å²) in [5.74, 6) is 0. The minimum Gasteiger partial charge on any atom is -0.394 e. The van der Waals surface area contributed by atoms with Gasteiger partial charge >= 0.3 is 0 Å². The Balaban J connectivity index is 1.87. The van der Waals surface area contributed by atoms with Gasteiger partial charge in [-0.15, -0.1) is 0 Å². The fourth-order valence-electron chi connectivity index (χ4n) is 2.55. The second-order valence-corrected chi connectivity index (χ2v) is 5.21. The Kier molecular flexibility index (Phi) is 4.75. The number of benzene rings is 1. The van der Waals surface area contributed by atoms with Crippen LogP contribution in [-0.2, 0) is 10.3 Å². The first-order valence-electron chi connectivity index (χ1n) is 6.81. The minimum atomic E-state index is -0.681. The summed E-state index contributed by atoms with van der Waals surface area (Å²) in [4.78, 5) is 0. The third-order valence-electron chi connectivity index (χ3n) is 3.83. The molecule has 1 unspecified atom stereocenters. The summed E-state index contributed by atoms with van der Waals surface area (Å²) in [5, 5.41) is 9.55. The number of aliphatic hydroxyl groups is 1. The maximum atomic E-state index is 9.55. The first kappa shape index (κ1) is 13.5. The zero-order chi connectivity index (χ0) is 12.8. The number of ether oxygens (including phenoxy) is 1. The number of hydrogen-bond donors (Lipinski definition) is 2. The van der Waals surface area contributed by atoms with Gasteiger partial charge in [-0.2, -0.15) is 0 Å². The SMILES string of the molecule is NC(CO)(CCOC1CCCC1)c1ccccc1. The van der Waals surface area contributed by atoms with Crippen LogP contribution in [0, 0.1) is 0 Å². The molecule has 1 aromatic carbocycles. The van der Waals surface area contributed by atoms with E-state index in [4.69, 9.17) is 10.5 Å². The third kappa shape index (κ3) is 3.31. The van der Waals surface area contributed by atoms with Crippen LogP contribution in [0.25, 0.3) is 0 Å². The zero-order valence-electron chi connectivity index (χ0n) is 10.8. The van der Waals surface area contributed by atoms with Crippen LogP contribution in [0.4, 0.5) is 0 Å². The topological polar surface area (TPSA) is 55.5 Å². The molecule has 1 fully saturated rings. The lowest BCUT2D eigenvalue weighted by atomic mass is 9.89. The summed E-state index contributed by atoms with van der Waals surface area (Å²) in [7, 11) is 0. The molecular weight excluding hydrogens is 226 g/mol. The van der Waals surface area contributed by atoms with E-state index in [0.29, 0.717) is 19.1 Å². The number of nitrogens with two attached hydrogens (primary N) is 1. The Hall–Kier alpha value is -0.900. The molecule has 0 aliphatic heterocycles. The van der Waals surface area contributed by atoms with Crippen LogP contribution in [0.3, 0.4) is 0 Å². The van der Waals surface area contributed by atoms with Crippen molar-refractivity contribution in [3.05, 3.63) is 35.9 Å². The molecule has 1 atom stereocenters. The molecule has 0 spiro atoms. The lowest BCUT2D eigenvalue weighted by Crippen LogP contribution is -2.41. The predicted molar refractivity (Wildman–Crippen MR) is 72.2 cm³/mol. The van der Waals surface area contributed by atoms with E-state index in [-0.39, 0.29) is 6.61 Å². The second-order valence-electron chi connectivity index (χ2n) is 5.21. The highest BCUT2D eigenvalue weighted by atomic mass is 16.5. The number of rotatable bonds is 6. The van der Waals surface area contributed by atoms with Crippen LogP contribution in [-0.4, -0.2) is 24.4 Å². The molecule has 18 heavy (non-hydrogen) atoms. The highest BCUT2D eigenvalue weighted by Gasteiger charge is 2.26. The van der Waals surface area contributed by atoms with Gasteiger partial charge in [-0.25, -0.2) is 0 Å². The van der Waals surface area contributed by atoms with Gasteiger partial charge in [0.2, 0.25) is 0 Å². The van der Waals surface area contributed by atoms with Gasteiger partial charge in [0, 0.05) is 6.61 Å². The molecule has 100 valence electrons. The molecule has 0 heterocycles. The van der Waals surface area contributed by atoms with E-state index < -0.39 is 5.54 Å². The van der Waals surface area contributed by atoms with Crippen molar-refractivity contribution in [2.24, 2.45) is 5.73 Å². The normalized spacial score (nSPS) is 19.9. The van der Waals surface area contributed by atoms with E-state index in [1.54, 1.807) is 0 Å². The molecular formula is C15H23NO2. The molecule has 1 aliphatic rings. The van der Waals surface area contributed by atoms with Crippen molar-refractivity contribution in [2.75, 3.05) is 13.2 Å². The van der Waals surface area contributed by atoms with Crippen LogP contribution in [0.2, 0.25) is 0 Å². The standard InChI is InChI=1S/C15H23NO2/c16-15(12-17,13-6-2-1-3-7-13)10-11-18-14-8-4-5-9-14/h1-3,6-7,14,17H,4-5,8-12,16H2. The molecule has 1 aromatic rings. The van der Waals surface area contributed by atoms with Crippen LogP contribution >= 0.6 is 0 Å². The minimum absolute atomic E-state index is 0.0506. The summed E-state index contributed by atoms with van der Waals surface area (Å²) in [6, 6.07) is 9.78. The summed E-state index contributed by atoms with van der Waals surface area (Å²) in [6.07, 6.45) is 5.95. The molecule has 0 saturated heterocycles. The van der Waals surface area contributed by atoms with Gasteiger partial charge in [-0.3, -0.25) is 0 Å². The average Bonchev–Trinajstić information content (AvgIpc) is 2.93. The maximum absolute atomic E-state index is 9.55. The first-order valence-corrected chi connectivity index (χ1v) is 6.81. The van der Waals surface area contributed by atoms with Gasteiger partial charge in [-0.05, 0) is 24.8 Å². The molecule has 0 radical (unpaired) electrons. The van der Waals surface area contributed by atoms with Gasteiger partial charge in [0.1, 0.15) is 0 Å². The monoisotopic (exact) mass is 249 g/mol. The maximum Gasteiger partial charge on any atom is 0.0666 e. The summed E-state index contributed by atoms with van der Waals surface area (Å²) in [5.41, 5.74) is 6.57. The van der Waals surface area contributed by atoms with Crippen molar-refractivity contribution in [1.82, 2.24) is 0 Å². The molecule has 0 bridgehead atoms.